The summed E-state index contributed by atoms with van der Waals surface area (Å²) in [4.78, 5) is 13.4. The molecule has 1 aromatic rings. The van der Waals surface area contributed by atoms with Gasteiger partial charge in [-0.05, 0) is 0 Å². The van der Waals surface area contributed by atoms with Crippen LogP contribution in [0, 0.1) is 10.1 Å². The number of nitrogens with zero attached hydrogens (tertiary/aromatic N) is 2. The zero-order valence-corrected chi connectivity index (χ0v) is 8.04. The van der Waals surface area contributed by atoms with Gasteiger partial charge in [0.25, 0.3) is 5.88 Å². The molecule has 0 fully saturated rings. The predicted molar refractivity (Wildman–Crippen MR) is 42.5 cm³/mol. The molecule has 0 unspecified atom stereocenters. The molecule has 1 rings (SSSR count). The molecular formula is C6H5Cl2N2O3-. The van der Waals surface area contributed by atoms with Gasteiger partial charge in [0, 0.05) is 6.07 Å². The normalized spacial score (nSPS) is 8.77. The van der Waals surface area contributed by atoms with Gasteiger partial charge in [0.1, 0.15) is 0 Å². The van der Waals surface area contributed by atoms with Crippen LogP contribution in [0.3, 0.4) is 0 Å². The van der Waals surface area contributed by atoms with Gasteiger partial charge < -0.3 is 17.1 Å². The largest absolute Gasteiger partial charge is 1.00 e. The van der Waals surface area contributed by atoms with E-state index < -0.39 is 4.92 Å². The summed E-state index contributed by atoms with van der Waals surface area (Å²) in [6.07, 6.45) is 1.29. The van der Waals surface area contributed by atoms with E-state index >= 15 is 0 Å². The van der Waals surface area contributed by atoms with Crippen LogP contribution in [0.1, 0.15) is 0 Å². The molecule has 0 aliphatic carbocycles. The van der Waals surface area contributed by atoms with E-state index in [0.29, 0.717) is 0 Å². The van der Waals surface area contributed by atoms with Gasteiger partial charge in [-0.25, -0.2) is 4.98 Å². The van der Waals surface area contributed by atoms with E-state index in [1.165, 1.54) is 19.4 Å². The Labute approximate surface area is 85.2 Å². The van der Waals surface area contributed by atoms with Crippen LogP contribution in [0.5, 0.6) is 5.88 Å². The maximum atomic E-state index is 10.4. The third kappa shape index (κ3) is 2.71. The monoisotopic (exact) mass is 223 g/mol. The summed E-state index contributed by atoms with van der Waals surface area (Å²) in [6, 6.07) is 1.19. The minimum absolute atomic E-state index is 0. The quantitative estimate of drug-likeness (QED) is 0.460. The second-order valence-electron chi connectivity index (χ2n) is 1.94. The molecule has 0 saturated heterocycles. The van der Waals surface area contributed by atoms with Gasteiger partial charge in [0.15, 0.2) is 0 Å². The number of methoxy groups -OCH3 is 1. The van der Waals surface area contributed by atoms with Crippen molar-refractivity contribution in [2.45, 2.75) is 0 Å². The van der Waals surface area contributed by atoms with E-state index in [2.05, 4.69) is 9.72 Å². The Morgan fingerprint density at radius 2 is 2.31 bits per heavy atom. The summed E-state index contributed by atoms with van der Waals surface area (Å²) in [6.45, 7) is 0. The molecule has 0 spiro atoms. The highest BCUT2D eigenvalue weighted by Gasteiger charge is 2.15. The average molecular weight is 224 g/mol. The Balaban J connectivity index is 0.00000144. The molecule has 0 aliphatic rings. The van der Waals surface area contributed by atoms with Gasteiger partial charge in [0.05, 0.1) is 23.3 Å². The van der Waals surface area contributed by atoms with Gasteiger partial charge in [-0.3, -0.25) is 10.1 Å². The smallest absolute Gasteiger partial charge is 0.332 e. The van der Waals surface area contributed by atoms with E-state index in [0.717, 1.165) is 0 Å². The predicted octanol–water partition coefficient (Wildman–Crippen LogP) is -1.34. The van der Waals surface area contributed by atoms with E-state index in [1.807, 2.05) is 0 Å². The molecule has 0 aromatic carbocycles. The number of nitro groups is 1. The van der Waals surface area contributed by atoms with Gasteiger partial charge in [-0.1, -0.05) is 11.6 Å². The van der Waals surface area contributed by atoms with Crippen molar-refractivity contribution >= 4 is 17.3 Å². The topological polar surface area (TPSA) is 65.3 Å². The summed E-state index contributed by atoms with van der Waals surface area (Å²) < 4.78 is 4.65. The molecular weight excluding hydrogens is 219 g/mol. The summed E-state index contributed by atoms with van der Waals surface area (Å²) in [7, 11) is 1.31. The first-order valence-electron chi connectivity index (χ1n) is 2.99. The third-order valence-electron chi connectivity index (χ3n) is 1.19. The number of hydrogen-bond donors (Lipinski definition) is 0. The molecule has 0 amide bonds. The maximum Gasteiger partial charge on any atom is 0.332 e. The second-order valence-corrected chi connectivity index (χ2v) is 2.38. The van der Waals surface area contributed by atoms with Crippen molar-refractivity contribution in [3.8, 4) is 5.88 Å². The molecule has 13 heavy (non-hydrogen) atoms. The highest BCUT2D eigenvalue weighted by Crippen LogP contribution is 2.26. The lowest BCUT2D eigenvalue weighted by Crippen LogP contribution is -3.00. The van der Waals surface area contributed by atoms with Crippen molar-refractivity contribution in [3.63, 3.8) is 0 Å². The average Bonchev–Trinajstić information content (AvgIpc) is 2.04. The number of pyridine rings is 1. The minimum atomic E-state index is -0.599. The fourth-order valence-corrected chi connectivity index (χ4v) is 0.856. The van der Waals surface area contributed by atoms with Crippen molar-refractivity contribution in [3.05, 3.63) is 27.4 Å². The molecule has 72 valence electrons. The first kappa shape index (κ1) is 11.9. The van der Waals surface area contributed by atoms with Crippen molar-refractivity contribution < 1.29 is 22.1 Å². The molecule has 5 nitrogen and oxygen atoms in total. The third-order valence-corrected chi connectivity index (χ3v) is 1.40. The fourth-order valence-electron chi connectivity index (χ4n) is 0.704. The zero-order valence-electron chi connectivity index (χ0n) is 6.53. The Kier molecular flexibility index (Phi) is 4.44. The van der Waals surface area contributed by atoms with Crippen LogP contribution < -0.4 is 17.1 Å². The lowest BCUT2D eigenvalue weighted by atomic mass is 10.4. The number of rotatable bonds is 2. The van der Waals surface area contributed by atoms with Crippen molar-refractivity contribution in [1.29, 1.82) is 0 Å². The first-order chi connectivity index (χ1) is 5.65. The Morgan fingerprint density at radius 3 is 2.77 bits per heavy atom. The second kappa shape index (κ2) is 4.84. The molecule has 0 bridgehead atoms. The fraction of sp³-hybridized carbons (Fsp3) is 0.167. The zero-order chi connectivity index (χ0) is 9.14. The summed E-state index contributed by atoms with van der Waals surface area (Å²) >= 11 is 5.50. The van der Waals surface area contributed by atoms with Crippen LogP contribution in [-0.2, 0) is 0 Å². The Bertz CT molecular complexity index is 319. The highest BCUT2D eigenvalue weighted by molar-refractivity contribution is 6.30. The molecule has 1 aromatic heterocycles. The van der Waals surface area contributed by atoms with E-state index in [-0.39, 0.29) is 29.0 Å². The molecule has 7 heteroatoms. The maximum absolute atomic E-state index is 10.4. The Hall–Kier alpha value is -1.07. The standard InChI is InChI=1S/C6H5ClN2O3.ClH/c1-12-6-5(9(10)11)2-4(7)3-8-6;/h2-3H,1H3;1H/p-1. The summed E-state index contributed by atoms with van der Waals surface area (Å²) in [5.41, 5.74) is -0.231. The summed E-state index contributed by atoms with van der Waals surface area (Å²) in [5, 5.41) is 10.6. The number of ether oxygens (including phenoxy) is 1. The van der Waals surface area contributed by atoms with Gasteiger partial charge in [0.2, 0.25) is 0 Å². The molecule has 0 aliphatic heterocycles. The van der Waals surface area contributed by atoms with Crippen LogP contribution in [0.2, 0.25) is 5.02 Å². The first-order valence-corrected chi connectivity index (χ1v) is 3.37. The molecule has 0 saturated carbocycles. The number of hydrogen-bond acceptors (Lipinski definition) is 4. The molecule has 0 radical (unpaired) electrons. The van der Waals surface area contributed by atoms with Crippen LogP contribution in [0.15, 0.2) is 12.3 Å². The number of aromatic nitrogens is 1. The van der Waals surface area contributed by atoms with Gasteiger partial charge in [-0.15, -0.1) is 0 Å². The SMILES string of the molecule is COc1ncc(Cl)cc1[N+](=O)[O-].[Cl-]. The van der Waals surface area contributed by atoms with Crippen molar-refractivity contribution in [2.24, 2.45) is 0 Å². The molecule has 0 N–H and O–H groups in total. The van der Waals surface area contributed by atoms with Gasteiger partial charge >= 0.3 is 5.69 Å². The van der Waals surface area contributed by atoms with Crippen molar-refractivity contribution in [1.82, 2.24) is 4.98 Å². The number of halogens is 2. The van der Waals surface area contributed by atoms with Crippen LogP contribution in [-0.4, -0.2) is 17.0 Å². The molecule has 1 heterocycles. The Morgan fingerprint density at radius 1 is 1.69 bits per heavy atom. The lowest BCUT2D eigenvalue weighted by molar-refractivity contribution is -0.386. The van der Waals surface area contributed by atoms with Crippen molar-refractivity contribution in [2.75, 3.05) is 7.11 Å². The van der Waals surface area contributed by atoms with Crippen LogP contribution in [0.4, 0.5) is 5.69 Å². The molecule has 0 atom stereocenters. The summed E-state index contributed by atoms with van der Waals surface area (Å²) in [5.74, 6) is -0.0376. The highest BCUT2D eigenvalue weighted by atomic mass is 35.5. The van der Waals surface area contributed by atoms with Crippen LogP contribution in [0.25, 0.3) is 0 Å². The lowest BCUT2D eigenvalue weighted by Gasteiger charge is -1.98. The minimum Gasteiger partial charge on any atom is -1.00 e. The van der Waals surface area contributed by atoms with Crippen LogP contribution >= 0.6 is 11.6 Å². The van der Waals surface area contributed by atoms with E-state index in [1.54, 1.807) is 0 Å². The van der Waals surface area contributed by atoms with Gasteiger partial charge in [-0.2, -0.15) is 0 Å². The van der Waals surface area contributed by atoms with E-state index in [9.17, 15) is 10.1 Å². The van der Waals surface area contributed by atoms with E-state index in [4.69, 9.17) is 11.6 Å².